The lowest BCUT2D eigenvalue weighted by Gasteiger charge is -2.25. The molecule has 0 amide bonds. The molecule has 0 heteroatoms. The van der Waals surface area contributed by atoms with Gasteiger partial charge in [-0.2, -0.15) is 0 Å². The number of benzene rings is 10. The second kappa shape index (κ2) is 12.0. The summed E-state index contributed by atoms with van der Waals surface area (Å²) in [5.74, 6) is 0. The van der Waals surface area contributed by atoms with Crippen LogP contribution in [0.5, 0.6) is 0 Å². The van der Waals surface area contributed by atoms with Crippen LogP contribution < -0.4 is 0 Å². The average Bonchev–Trinajstić information content (AvgIpc) is 3.50. The highest BCUT2D eigenvalue weighted by Gasteiger charge is 2.37. The van der Waals surface area contributed by atoms with Gasteiger partial charge in [0.2, 0.25) is 0 Å². The van der Waals surface area contributed by atoms with Crippen LogP contribution in [0, 0.1) is 0 Å². The Bertz CT molecular complexity index is 3260. The average molecular weight is 723 g/mol. The summed E-state index contributed by atoms with van der Waals surface area (Å²) >= 11 is 0. The van der Waals surface area contributed by atoms with Crippen LogP contribution >= 0.6 is 0 Å². The number of hydrogen-bond donors (Lipinski definition) is 0. The fourth-order valence-electron chi connectivity index (χ4n) is 10.5. The van der Waals surface area contributed by atoms with Crippen molar-refractivity contribution in [1.29, 1.82) is 0 Å². The summed E-state index contributed by atoms with van der Waals surface area (Å²) in [6.45, 7) is 4.79. The Morgan fingerprint density at radius 1 is 0.246 bits per heavy atom. The van der Waals surface area contributed by atoms with E-state index in [-0.39, 0.29) is 5.41 Å². The molecule has 0 atom stereocenters. The minimum absolute atomic E-state index is 0.119. The van der Waals surface area contributed by atoms with Crippen molar-refractivity contribution in [1.82, 2.24) is 0 Å². The van der Waals surface area contributed by atoms with Crippen LogP contribution in [0.3, 0.4) is 0 Å². The van der Waals surface area contributed by atoms with Gasteiger partial charge in [0.1, 0.15) is 0 Å². The third-order valence-electron chi connectivity index (χ3n) is 13.0. The standard InChI is InChI=1S/C57H38/c1-57(2)52-30-16-15-29-49(52)56-44-24-10-9-23-42(44)51(34-53(56)57)55-47-27-13-11-25-45(47)54(46-26-12-14-28-48(46)55)35-31-32-43-40-21-6-5-19-38(40)36-17-3-4-18-37(36)39-20-7-8-22-41(39)50(43)33-35/h3-34H,1-2H3. The molecule has 0 radical (unpaired) electrons. The summed E-state index contributed by atoms with van der Waals surface area (Å²) in [5.41, 5.74) is 20.6. The maximum Gasteiger partial charge on any atom is 0.0159 e. The van der Waals surface area contributed by atoms with Crippen molar-refractivity contribution in [3.05, 3.63) is 205 Å². The maximum absolute atomic E-state index is 2.53. The van der Waals surface area contributed by atoms with E-state index in [1.165, 1.54) is 121 Å². The minimum atomic E-state index is -0.119. The molecule has 0 aromatic heterocycles. The van der Waals surface area contributed by atoms with E-state index in [0.717, 1.165) is 0 Å². The van der Waals surface area contributed by atoms with Gasteiger partial charge in [-0.3, -0.25) is 0 Å². The fraction of sp³-hybridized carbons (Fsp3) is 0.0526. The fourth-order valence-corrected chi connectivity index (χ4v) is 10.5. The van der Waals surface area contributed by atoms with Crippen LogP contribution in [0.4, 0.5) is 0 Å². The Morgan fingerprint density at radius 2 is 0.614 bits per heavy atom. The van der Waals surface area contributed by atoms with E-state index in [9.17, 15) is 0 Å². The van der Waals surface area contributed by atoms with E-state index in [1.54, 1.807) is 0 Å². The quantitative estimate of drug-likeness (QED) is 0.156. The van der Waals surface area contributed by atoms with Gasteiger partial charge in [0.25, 0.3) is 0 Å². The lowest BCUT2D eigenvalue weighted by Crippen LogP contribution is -2.15. The molecule has 2 aliphatic rings. The highest BCUT2D eigenvalue weighted by Crippen LogP contribution is 2.55. The van der Waals surface area contributed by atoms with Gasteiger partial charge in [-0.15, -0.1) is 0 Å². The van der Waals surface area contributed by atoms with E-state index in [1.807, 2.05) is 0 Å². The van der Waals surface area contributed by atoms with Crippen LogP contribution in [0.1, 0.15) is 25.0 Å². The molecule has 0 spiro atoms. The number of rotatable bonds is 2. The first-order valence-electron chi connectivity index (χ1n) is 20.1. The summed E-state index contributed by atoms with van der Waals surface area (Å²) in [7, 11) is 0. The van der Waals surface area contributed by atoms with Gasteiger partial charge >= 0.3 is 0 Å². The third kappa shape index (κ3) is 4.50. The Kier molecular flexibility index (Phi) is 6.78. The molecule has 0 fully saturated rings. The zero-order chi connectivity index (χ0) is 37.8. The zero-order valence-corrected chi connectivity index (χ0v) is 32.0. The van der Waals surface area contributed by atoms with Crippen LogP contribution in [0.25, 0.3) is 110 Å². The van der Waals surface area contributed by atoms with Gasteiger partial charge in [-0.1, -0.05) is 196 Å². The lowest BCUT2D eigenvalue weighted by molar-refractivity contribution is 0.661. The van der Waals surface area contributed by atoms with Crippen molar-refractivity contribution in [2.24, 2.45) is 0 Å². The van der Waals surface area contributed by atoms with Crippen molar-refractivity contribution in [3.63, 3.8) is 0 Å². The molecular weight excluding hydrogens is 685 g/mol. The van der Waals surface area contributed by atoms with Crippen LogP contribution in [-0.2, 0) is 5.41 Å². The van der Waals surface area contributed by atoms with Crippen LogP contribution in [-0.4, -0.2) is 0 Å². The Hall–Kier alpha value is -7.02. The Labute approximate surface area is 333 Å². The molecule has 0 heterocycles. The predicted octanol–water partition coefficient (Wildman–Crippen LogP) is 15.8. The van der Waals surface area contributed by atoms with E-state index in [0.29, 0.717) is 0 Å². The molecule has 266 valence electrons. The largest absolute Gasteiger partial charge is 0.0619 e. The van der Waals surface area contributed by atoms with E-state index in [4.69, 9.17) is 0 Å². The molecule has 0 saturated carbocycles. The number of hydrogen-bond acceptors (Lipinski definition) is 0. The Morgan fingerprint density at radius 3 is 1.12 bits per heavy atom. The molecule has 0 unspecified atom stereocenters. The second-order valence-corrected chi connectivity index (χ2v) is 16.3. The summed E-state index contributed by atoms with van der Waals surface area (Å²) in [4.78, 5) is 0. The van der Waals surface area contributed by atoms with Gasteiger partial charge in [0.05, 0.1) is 0 Å². The Balaban J connectivity index is 1.16. The van der Waals surface area contributed by atoms with Crippen LogP contribution in [0.15, 0.2) is 194 Å². The first-order valence-corrected chi connectivity index (χ1v) is 20.1. The molecule has 0 bridgehead atoms. The van der Waals surface area contributed by atoms with Gasteiger partial charge in [0.15, 0.2) is 0 Å². The summed E-state index contributed by atoms with van der Waals surface area (Å²) in [6, 6.07) is 72.8. The van der Waals surface area contributed by atoms with Crippen molar-refractivity contribution >= 4 is 32.3 Å². The SMILES string of the molecule is CC1(C)c2ccccc2-c2c1cc(-c1c3ccccc3c(-c3ccc4c(c3)-c3ccccc3-c3ccccc3-c3ccccc3-4)c3ccccc13)c1ccccc21. The van der Waals surface area contributed by atoms with E-state index >= 15 is 0 Å². The molecule has 10 aromatic carbocycles. The molecule has 10 aromatic rings. The van der Waals surface area contributed by atoms with E-state index in [2.05, 4.69) is 208 Å². The highest BCUT2D eigenvalue weighted by atomic mass is 14.4. The molecule has 0 nitrogen and oxygen atoms in total. The van der Waals surface area contributed by atoms with Crippen LogP contribution in [0.2, 0.25) is 0 Å². The molecule has 0 saturated heterocycles. The third-order valence-corrected chi connectivity index (χ3v) is 13.0. The molecule has 2 aliphatic carbocycles. The lowest BCUT2D eigenvalue weighted by atomic mass is 9.78. The molecular formula is C57H38. The topological polar surface area (TPSA) is 0 Å². The van der Waals surface area contributed by atoms with Crippen molar-refractivity contribution in [2.45, 2.75) is 19.3 Å². The zero-order valence-electron chi connectivity index (χ0n) is 32.0. The smallest absolute Gasteiger partial charge is 0.0159 e. The molecule has 0 N–H and O–H groups in total. The first-order chi connectivity index (χ1) is 28.1. The molecule has 12 rings (SSSR count). The monoisotopic (exact) mass is 722 g/mol. The van der Waals surface area contributed by atoms with Gasteiger partial charge in [-0.05, 0) is 133 Å². The molecule has 0 aliphatic heterocycles. The van der Waals surface area contributed by atoms with Gasteiger partial charge < -0.3 is 0 Å². The molecule has 57 heavy (non-hydrogen) atoms. The first kappa shape index (κ1) is 32.2. The highest BCUT2D eigenvalue weighted by molar-refractivity contribution is 6.25. The minimum Gasteiger partial charge on any atom is -0.0619 e. The normalized spacial score (nSPS) is 13.2. The summed E-state index contributed by atoms with van der Waals surface area (Å²) in [5, 5.41) is 7.70. The number of fused-ring (bicyclic) bond motifs is 15. The summed E-state index contributed by atoms with van der Waals surface area (Å²) in [6.07, 6.45) is 0. The van der Waals surface area contributed by atoms with Gasteiger partial charge in [0, 0.05) is 5.41 Å². The maximum atomic E-state index is 2.53. The van der Waals surface area contributed by atoms with Crippen molar-refractivity contribution in [3.8, 4) is 77.9 Å². The second-order valence-electron chi connectivity index (χ2n) is 16.3. The van der Waals surface area contributed by atoms with E-state index < -0.39 is 0 Å². The van der Waals surface area contributed by atoms with Crippen molar-refractivity contribution in [2.75, 3.05) is 0 Å². The predicted molar refractivity (Wildman–Crippen MR) is 243 cm³/mol. The van der Waals surface area contributed by atoms with Gasteiger partial charge in [-0.25, -0.2) is 0 Å². The summed E-state index contributed by atoms with van der Waals surface area (Å²) < 4.78 is 0. The van der Waals surface area contributed by atoms with Crippen molar-refractivity contribution < 1.29 is 0 Å².